The standard InChI is InChI=1S/C16H26N4.HI/c1-13-5-3-7-15(11-13)19-16(17)18-8-10-20-9-4-6-14(2)12-20;/h3,5,7,11,14H,4,6,8-10,12H2,1-2H3,(H3,17,18,19);1H. The van der Waals surface area contributed by atoms with Crippen molar-refractivity contribution in [3.8, 4) is 0 Å². The molecule has 0 radical (unpaired) electrons. The van der Waals surface area contributed by atoms with Crippen LogP contribution in [0.5, 0.6) is 0 Å². The van der Waals surface area contributed by atoms with Crippen molar-refractivity contribution in [1.82, 2.24) is 4.90 Å². The highest BCUT2D eigenvalue weighted by atomic mass is 127. The Balaban J connectivity index is 0.00000220. The molecule has 0 bridgehead atoms. The van der Waals surface area contributed by atoms with Gasteiger partial charge in [-0.3, -0.25) is 4.99 Å². The molecule has 2 rings (SSSR count). The summed E-state index contributed by atoms with van der Waals surface area (Å²) >= 11 is 0. The van der Waals surface area contributed by atoms with E-state index in [4.69, 9.17) is 5.73 Å². The monoisotopic (exact) mass is 402 g/mol. The zero-order chi connectivity index (χ0) is 14.4. The molecule has 1 aliphatic heterocycles. The van der Waals surface area contributed by atoms with Crippen LogP contribution in [0.4, 0.5) is 5.69 Å². The van der Waals surface area contributed by atoms with Gasteiger partial charge in [-0.05, 0) is 49.9 Å². The van der Waals surface area contributed by atoms with Crippen LogP contribution in [0.15, 0.2) is 29.3 Å². The zero-order valence-corrected chi connectivity index (χ0v) is 15.3. The first-order valence-corrected chi connectivity index (χ1v) is 7.49. The van der Waals surface area contributed by atoms with Gasteiger partial charge in [0.25, 0.3) is 0 Å². The summed E-state index contributed by atoms with van der Waals surface area (Å²) in [6.07, 6.45) is 2.67. The third-order valence-electron chi connectivity index (χ3n) is 3.73. The number of guanidine groups is 1. The van der Waals surface area contributed by atoms with Gasteiger partial charge in [0.15, 0.2) is 5.96 Å². The molecular weight excluding hydrogens is 375 g/mol. The molecule has 0 saturated carbocycles. The third kappa shape index (κ3) is 6.65. The van der Waals surface area contributed by atoms with Crippen molar-refractivity contribution in [2.45, 2.75) is 26.7 Å². The van der Waals surface area contributed by atoms with Gasteiger partial charge in [-0.25, -0.2) is 0 Å². The van der Waals surface area contributed by atoms with Gasteiger partial charge in [0.1, 0.15) is 0 Å². The van der Waals surface area contributed by atoms with E-state index in [1.807, 2.05) is 12.1 Å². The Morgan fingerprint density at radius 3 is 3.00 bits per heavy atom. The summed E-state index contributed by atoms with van der Waals surface area (Å²) < 4.78 is 0. The fourth-order valence-electron chi connectivity index (χ4n) is 2.71. The van der Waals surface area contributed by atoms with E-state index < -0.39 is 0 Å². The van der Waals surface area contributed by atoms with E-state index in [1.165, 1.54) is 31.5 Å². The van der Waals surface area contributed by atoms with Crippen LogP contribution in [0.3, 0.4) is 0 Å². The van der Waals surface area contributed by atoms with Gasteiger partial charge in [-0.1, -0.05) is 19.1 Å². The van der Waals surface area contributed by atoms with Gasteiger partial charge in [-0.15, -0.1) is 24.0 Å². The number of nitrogens with one attached hydrogen (secondary N) is 1. The summed E-state index contributed by atoms with van der Waals surface area (Å²) in [4.78, 5) is 6.89. The number of aliphatic imine (C=N–C) groups is 1. The van der Waals surface area contributed by atoms with Crippen LogP contribution in [0.2, 0.25) is 0 Å². The van der Waals surface area contributed by atoms with Crippen molar-refractivity contribution in [2.24, 2.45) is 16.6 Å². The number of likely N-dealkylation sites (tertiary alicyclic amines) is 1. The first-order chi connectivity index (χ1) is 9.63. The van der Waals surface area contributed by atoms with Crippen LogP contribution in [0.1, 0.15) is 25.3 Å². The molecule has 0 amide bonds. The molecule has 5 heteroatoms. The van der Waals surface area contributed by atoms with E-state index in [0.29, 0.717) is 5.96 Å². The van der Waals surface area contributed by atoms with E-state index in [9.17, 15) is 0 Å². The summed E-state index contributed by atoms with van der Waals surface area (Å²) in [5, 5.41) is 3.14. The fraction of sp³-hybridized carbons (Fsp3) is 0.562. The average Bonchev–Trinajstić information content (AvgIpc) is 2.38. The van der Waals surface area contributed by atoms with Gasteiger partial charge in [0, 0.05) is 18.8 Å². The summed E-state index contributed by atoms with van der Waals surface area (Å²) in [6.45, 7) is 8.54. The van der Waals surface area contributed by atoms with E-state index >= 15 is 0 Å². The second-order valence-corrected chi connectivity index (χ2v) is 5.81. The highest BCUT2D eigenvalue weighted by Gasteiger charge is 2.15. The molecule has 1 heterocycles. The lowest BCUT2D eigenvalue weighted by Gasteiger charge is -2.30. The topological polar surface area (TPSA) is 53.6 Å². The molecule has 0 aliphatic carbocycles. The maximum atomic E-state index is 5.92. The normalized spacial score (nSPS) is 19.9. The molecule has 1 aromatic carbocycles. The number of aryl methyl sites for hydroxylation is 1. The predicted molar refractivity (Wildman–Crippen MR) is 102 cm³/mol. The van der Waals surface area contributed by atoms with Crippen LogP contribution in [0.25, 0.3) is 0 Å². The minimum atomic E-state index is 0. The van der Waals surface area contributed by atoms with Crippen LogP contribution >= 0.6 is 24.0 Å². The molecular formula is C16H27IN4. The number of rotatable bonds is 4. The smallest absolute Gasteiger partial charge is 0.193 e. The van der Waals surface area contributed by atoms with Crippen LogP contribution in [-0.2, 0) is 0 Å². The maximum Gasteiger partial charge on any atom is 0.193 e. The molecule has 1 saturated heterocycles. The fourth-order valence-corrected chi connectivity index (χ4v) is 2.71. The van der Waals surface area contributed by atoms with Gasteiger partial charge >= 0.3 is 0 Å². The van der Waals surface area contributed by atoms with Crippen molar-refractivity contribution in [3.63, 3.8) is 0 Å². The number of benzene rings is 1. The zero-order valence-electron chi connectivity index (χ0n) is 13.0. The summed E-state index contributed by atoms with van der Waals surface area (Å²) in [6, 6.07) is 8.15. The Bertz CT molecular complexity index is 461. The number of halogens is 1. The second kappa shape index (κ2) is 9.25. The van der Waals surface area contributed by atoms with Crippen LogP contribution in [0, 0.1) is 12.8 Å². The Labute approximate surface area is 145 Å². The van der Waals surface area contributed by atoms with Crippen molar-refractivity contribution in [3.05, 3.63) is 29.8 Å². The van der Waals surface area contributed by atoms with Gasteiger partial charge in [0.2, 0.25) is 0 Å². The first kappa shape index (κ1) is 18.2. The molecule has 1 fully saturated rings. The number of hydrogen-bond donors (Lipinski definition) is 2. The number of piperidine rings is 1. The van der Waals surface area contributed by atoms with Crippen molar-refractivity contribution in [2.75, 3.05) is 31.5 Å². The molecule has 118 valence electrons. The molecule has 3 N–H and O–H groups in total. The molecule has 0 spiro atoms. The number of anilines is 1. The van der Waals surface area contributed by atoms with Crippen molar-refractivity contribution < 1.29 is 0 Å². The highest BCUT2D eigenvalue weighted by molar-refractivity contribution is 14.0. The van der Waals surface area contributed by atoms with Gasteiger partial charge in [-0.2, -0.15) is 0 Å². The third-order valence-corrected chi connectivity index (χ3v) is 3.73. The molecule has 1 atom stereocenters. The van der Waals surface area contributed by atoms with Crippen LogP contribution in [-0.4, -0.2) is 37.0 Å². The maximum absolute atomic E-state index is 5.92. The number of nitrogens with zero attached hydrogens (tertiary/aromatic N) is 2. The minimum Gasteiger partial charge on any atom is -0.370 e. The molecule has 1 aromatic rings. The van der Waals surface area contributed by atoms with E-state index in [0.717, 1.165) is 24.7 Å². The Morgan fingerprint density at radius 1 is 1.48 bits per heavy atom. The Morgan fingerprint density at radius 2 is 2.29 bits per heavy atom. The van der Waals surface area contributed by atoms with Crippen molar-refractivity contribution >= 4 is 35.6 Å². The summed E-state index contributed by atoms with van der Waals surface area (Å²) in [5.41, 5.74) is 8.13. The molecule has 1 aliphatic rings. The molecule has 4 nitrogen and oxygen atoms in total. The average molecular weight is 402 g/mol. The SMILES string of the molecule is Cc1cccc(NC(N)=NCCN2CCCC(C)C2)c1.I. The van der Waals surface area contributed by atoms with Gasteiger partial charge < -0.3 is 16.0 Å². The largest absolute Gasteiger partial charge is 0.370 e. The Kier molecular flexibility index (Phi) is 8.03. The lowest BCUT2D eigenvalue weighted by atomic mass is 10.0. The lowest BCUT2D eigenvalue weighted by Crippen LogP contribution is -2.36. The molecule has 21 heavy (non-hydrogen) atoms. The summed E-state index contributed by atoms with van der Waals surface area (Å²) in [7, 11) is 0. The van der Waals surface area contributed by atoms with E-state index in [1.54, 1.807) is 0 Å². The van der Waals surface area contributed by atoms with E-state index in [2.05, 4.69) is 41.2 Å². The highest BCUT2D eigenvalue weighted by Crippen LogP contribution is 2.14. The number of nitrogens with two attached hydrogens (primary N) is 1. The molecule has 0 aromatic heterocycles. The van der Waals surface area contributed by atoms with Crippen molar-refractivity contribution in [1.29, 1.82) is 0 Å². The quantitative estimate of drug-likeness (QED) is 0.463. The second-order valence-electron chi connectivity index (χ2n) is 5.81. The summed E-state index contributed by atoms with van der Waals surface area (Å²) in [5.74, 6) is 1.32. The predicted octanol–water partition coefficient (Wildman–Crippen LogP) is 3.07. The van der Waals surface area contributed by atoms with Gasteiger partial charge in [0.05, 0.1) is 6.54 Å². The first-order valence-electron chi connectivity index (χ1n) is 7.49. The van der Waals surface area contributed by atoms with E-state index in [-0.39, 0.29) is 24.0 Å². The minimum absolute atomic E-state index is 0. The Hall–Kier alpha value is -0.820. The lowest BCUT2D eigenvalue weighted by molar-refractivity contribution is 0.189. The number of hydrogen-bond acceptors (Lipinski definition) is 2. The molecule has 1 unspecified atom stereocenters. The van der Waals surface area contributed by atoms with Crippen LogP contribution < -0.4 is 11.1 Å².